The van der Waals surface area contributed by atoms with Crippen LogP contribution < -0.4 is 10.5 Å². The second kappa shape index (κ2) is 5.00. The Morgan fingerprint density at radius 1 is 1.33 bits per heavy atom. The maximum absolute atomic E-state index is 9.70. The molecule has 1 aromatic carbocycles. The van der Waals surface area contributed by atoms with Crippen LogP contribution in [-0.4, -0.2) is 10.1 Å². The number of nitrogens with zero attached hydrogens (tertiary/aromatic N) is 2. The lowest BCUT2D eigenvalue weighted by atomic mass is 9.84. The number of phenolic OH excluding ortho intramolecular Hbond substituents is 1. The maximum Gasteiger partial charge on any atom is 0.205 e. The van der Waals surface area contributed by atoms with Gasteiger partial charge in [0.1, 0.15) is 23.1 Å². The Kier molecular flexibility index (Phi) is 3.16. The Bertz CT molecular complexity index is 781. The third-order valence-corrected chi connectivity index (χ3v) is 3.63. The fraction of sp³-hybridized carbons (Fsp3) is 0.0667. The lowest BCUT2D eigenvalue weighted by Gasteiger charge is -2.26. The maximum atomic E-state index is 9.70. The first-order valence-electron chi connectivity index (χ1n) is 6.11. The molecule has 0 saturated carbocycles. The number of allylic oxidation sites excluding steroid dienone is 1. The SMILES string of the molecule is N#CC1=C(N)Oc2cc(O)c(Cl)cc2[C@@H]1c1ccncc1. The molecule has 1 atom stereocenters. The Labute approximate surface area is 125 Å². The predicted molar refractivity (Wildman–Crippen MR) is 76.7 cm³/mol. The van der Waals surface area contributed by atoms with Gasteiger partial charge in [0.2, 0.25) is 5.88 Å². The van der Waals surface area contributed by atoms with Gasteiger partial charge in [-0.05, 0) is 23.8 Å². The van der Waals surface area contributed by atoms with E-state index in [9.17, 15) is 10.4 Å². The zero-order chi connectivity index (χ0) is 15.0. The molecule has 1 aliphatic rings. The molecule has 1 aliphatic heterocycles. The van der Waals surface area contributed by atoms with Gasteiger partial charge in [0.15, 0.2) is 0 Å². The van der Waals surface area contributed by atoms with Gasteiger partial charge in [-0.1, -0.05) is 11.6 Å². The third-order valence-electron chi connectivity index (χ3n) is 3.32. The van der Waals surface area contributed by atoms with Crippen LogP contribution in [0.4, 0.5) is 0 Å². The van der Waals surface area contributed by atoms with Crippen molar-refractivity contribution in [2.24, 2.45) is 5.73 Å². The molecule has 0 amide bonds. The van der Waals surface area contributed by atoms with Crippen LogP contribution in [0, 0.1) is 11.3 Å². The summed E-state index contributed by atoms with van der Waals surface area (Å²) in [6, 6.07) is 8.65. The van der Waals surface area contributed by atoms with E-state index in [1.807, 2.05) is 0 Å². The highest BCUT2D eigenvalue weighted by Crippen LogP contribution is 2.45. The highest BCUT2D eigenvalue weighted by molar-refractivity contribution is 6.32. The molecule has 21 heavy (non-hydrogen) atoms. The van der Waals surface area contributed by atoms with Gasteiger partial charge in [-0.3, -0.25) is 4.98 Å². The smallest absolute Gasteiger partial charge is 0.205 e. The fourth-order valence-electron chi connectivity index (χ4n) is 2.36. The van der Waals surface area contributed by atoms with Crippen molar-refractivity contribution in [2.45, 2.75) is 5.92 Å². The topological polar surface area (TPSA) is 92.2 Å². The fourth-order valence-corrected chi connectivity index (χ4v) is 2.54. The van der Waals surface area contributed by atoms with Gasteiger partial charge in [0, 0.05) is 24.0 Å². The number of aromatic hydroxyl groups is 1. The average molecular weight is 300 g/mol. The Morgan fingerprint density at radius 3 is 2.71 bits per heavy atom. The number of fused-ring (bicyclic) bond motifs is 1. The summed E-state index contributed by atoms with van der Waals surface area (Å²) in [5, 5.41) is 19.3. The molecular formula is C15H10ClN3O2. The molecule has 0 unspecified atom stereocenters. The van der Waals surface area contributed by atoms with Crippen LogP contribution in [-0.2, 0) is 0 Å². The van der Waals surface area contributed by atoms with Crippen LogP contribution in [0.1, 0.15) is 17.0 Å². The molecule has 0 fully saturated rings. The van der Waals surface area contributed by atoms with E-state index >= 15 is 0 Å². The number of pyridine rings is 1. The van der Waals surface area contributed by atoms with Gasteiger partial charge in [0.05, 0.1) is 10.9 Å². The molecule has 104 valence electrons. The number of hydrogen-bond donors (Lipinski definition) is 2. The standard InChI is InChI=1S/C15H10ClN3O2/c16-11-5-9-13(6-12(11)20)21-15(18)10(7-17)14(9)8-1-3-19-4-2-8/h1-6,14,20H,18H2/t14-/m0/s1. The molecule has 0 spiro atoms. The van der Waals surface area contributed by atoms with Crippen molar-refractivity contribution in [2.75, 3.05) is 0 Å². The number of hydrogen-bond acceptors (Lipinski definition) is 5. The summed E-state index contributed by atoms with van der Waals surface area (Å²) in [4.78, 5) is 3.97. The minimum atomic E-state index is -0.403. The Balaban J connectivity index is 2.26. The van der Waals surface area contributed by atoms with Crippen LogP contribution in [0.15, 0.2) is 48.1 Å². The number of nitriles is 1. The number of nitrogens with two attached hydrogens (primary N) is 1. The first kappa shape index (κ1) is 13.3. The molecule has 5 nitrogen and oxygen atoms in total. The number of phenols is 1. The number of ether oxygens (including phenoxy) is 1. The normalized spacial score (nSPS) is 16.9. The number of halogens is 1. The molecule has 3 rings (SSSR count). The Hall–Kier alpha value is -2.71. The lowest BCUT2D eigenvalue weighted by molar-refractivity contribution is 0.388. The molecule has 6 heteroatoms. The van der Waals surface area contributed by atoms with Crippen molar-refractivity contribution in [1.29, 1.82) is 5.26 Å². The van der Waals surface area contributed by atoms with Crippen LogP contribution in [0.3, 0.4) is 0 Å². The minimum Gasteiger partial charge on any atom is -0.506 e. The lowest BCUT2D eigenvalue weighted by Crippen LogP contribution is -2.21. The molecule has 3 N–H and O–H groups in total. The molecular weight excluding hydrogens is 290 g/mol. The van der Waals surface area contributed by atoms with Crippen molar-refractivity contribution < 1.29 is 9.84 Å². The van der Waals surface area contributed by atoms with Gasteiger partial charge in [-0.2, -0.15) is 5.26 Å². The van der Waals surface area contributed by atoms with E-state index in [0.717, 1.165) is 5.56 Å². The molecule has 2 heterocycles. The van der Waals surface area contributed by atoms with Crippen LogP contribution in [0.5, 0.6) is 11.5 Å². The van der Waals surface area contributed by atoms with E-state index in [-0.39, 0.29) is 16.7 Å². The van der Waals surface area contributed by atoms with E-state index < -0.39 is 5.92 Å². The number of benzene rings is 1. The molecule has 0 saturated heterocycles. The quantitative estimate of drug-likeness (QED) is 0.844. The van der Waals surface area contributed by atoms with Gasteiger partial charge in [-0.25, -0.2) is 0 Å². The monoisotopic (exact) mass is 299 g/mol. The summed E-state index contributed by atoms with van der Waals surface area (Å²) in [6.07, 6.45) is 3.27. The predicted octanol–water partition coefficient (Wildman–Crippen LogP) is 2.66. The van der Waals surface area contributed by atoms with Crippen LogP contribution >= 0.6 is 11.6 Å². The summed E-state index contributed by atoms with van der Waals surface area (Å²) < 4.78 is 5.42. The van der Waals surface area contributed by atoms with Crippen LogP contribution in [0.2, 0.25) is 5.02 Å². The molecule has 2 aromatic rings. The largest absolute Gasteiger partial charge is 0.506 e. The molecule has 0 bridgehead atoms. The van der Waals surface area contributed by atoms with Gasteiger partial charge in [0.25, 0.3) is 0 Å². The van der Waals surface area contributed by atoms with Crippen molar-refractivity contribution in [3.63, 3.8) is 0 Å². The molecule has 0 aliphatic carbocycles. The third kappa shape index (κ3) is 2.16. The van der Waals surface area contributed by atoms with Crippen molar-refractivity contribution >= 4 is 11.6 Å². The summed E-state index contributed by atoms with van der Waals surface area (Å²) in [6.45, 7) is 0. The molecule has 1 aromatic heterocycles. The van der Waals surface area contributed by atoms with Gasteiger partial charge >= 0.3 is 0 Å². The second-order valence-electron chi connectivity index (χ2n) is 4.55. The first-order chi connectivity index (χ1) is 10.1. The average Bonchev–Trinajstić information content (AvgIpc) is 2.49. The highest BCUT2D eigenvalue weighted by atomic mass is 35.5. The van der Waals surface area contributed by atoms with Crippen molar-refractivity contribution in [3.8, 4) is 17.6 Å². The van der Waals surface area contributed by atoms with E-state index in [0.29, 0.717) is 16.9 Å². The minimum absolute atomic E-state index is 0.0218. The van der Waals surface area contributed by atoms with Crippen molar-refractivity contribution in [1.82, 2.24) is 4.98 Å². The van der Waals surface area contributed by atoms with E-state index in [1.165, 1.54) is 6.07 Å². The zero-order valence-corrected chi connectivity index (χ0v) is 11.5. The first-order valence-corrected chi connectivity index (χ1v) is 6.49. The second-order valence-corrected chi connectivity index (χ2v) is 4.95. The van der Waals surface area contributed by atoms with E-state index in [2.05, 4.69) is 11.1 Å². The van der Waals surface area contributed by atoms with Gasteiger partial charge < -0.3 is 15.6 Å². The summed E-state index contributed by atoms with van der Waals surface area (Å²) in [5.41, 5.74) is 7.65. The summed E-state index contributed by atoms with van der Waals surface area (Å²) >= 11 is 5.98. The van der Waals surface area contributed by atoms with Crippen LogP contribution in [0.25, 0.3) is 0 Å². The summed E-state index contributed by atoms with van der Waals surface area (Å²) in [5.74, 6) is -0.0966. The van der Waals surface area contributed by atoms with E-state index in [4.69, 9.17) is 22.1 Å². The van der Waals surface area contributed by atoms with Gasteiger partial charge in [-0.15, -0.1) is 0 Å². The van der Waals surface area contributed by atoms with Crippen molar-refractivity contribution in [3.05, 3.63) is 64.3 Å². The summed E-state index contributed by atoms with van der Waals surface area (Å²) in [7, 11) is 0. The Morgan fingerprint density at radius 2 is 2.05 bits per heavy atom. The number of rotatable bonds is 1. The van der Waals surface area contributed by atoms with E-state index in [1.54, 1.807) is 30.6 Å². The zero-order valence-electron chi connectivity index (χ0n) is 10.7. The highest BCUT2D eigenvalue weighted by Gasteiger charge is 2.31. The molecule has 0 radical (unpaired) electrons. The number of aromatic nitrogens is 1.